The highest BCUT2D eigenvalue weighted by Crippen LogP contribution is 2.49. The van der Waals surface area contributed by atoms with Gasteiger partial charge in [-0.3, -0.25) is 4.79 Å². The highest BCUT2D eigenvalue weighted by atomic mass is 16.1. The second-order valence-electron chi connectivity index (χ2n) is 7.53. The summed E-state index contributed by atoms with van der Waals surface area (Å²) >= 11 is 0. The maximum absolute atomic E-state index is 13.0. The molecule has 25 heavy (non-hydrogen) atoms. The lowest BCUT2D eigenvalue weighted by Crippen LogP contribution is -2.34. The average molecular weight is 335 g/mol. The lowest BCUT2D eigenvalue weighted by atomic mass is 9.69. The van der Waals surface area contributed by atoms with Gasteiger partial charge in [-0.05, 0) is 17.4 Å². The van der Waals surface area contributed by atoms with E-state index in [2.05, 4.69) is 29.1 Å². The van der Waals surface area contributed by atoms with Crippen LogP contribution < -0.4 is 16.8 Å². The molecular weight excluding hydrogens is 314 g/mol. The van der Waals surface area contributed by atoms with Gasteiger partial charge in [0.05, 0.1) is 0 Å². The minimum absolute atomic E-state index is 0.0915. The van der Waals surface area contributed by atoms with E-state index >= 15 is 0 Å². The third-order valence-corrected chi connectivity index (χ3v) is 4.89. The van der Waals surface area contributed by atoms with Crippen molar-refractivity contribution in [2.45, 2.75) is 32.6 Å². The molecule has 0 unspecified atom stereocenters. The average Bonchev–Trinajstić information content (AvgIpc) is 2.52. The van der Waals surface area contributed by atoms with E-state index < -0.39 is 0 Å². The molecule has 0 saturated carbocycles. The van der Waals surface area contributed by atoms with Crippen molar-refractivity contribution in [1.82, 2.24) is 9.97 Å². The normalized spacial score (nSPS) is 21.4. The lowest BCUT2D eigenvalue weighted by molar-refractivity contribution is -0.118. The molecule has 1 aliphatic carbocycles. The van der Waals surface area contributed by atoms with Crippen molar-refractivity contribution >= 4 is 23.4 Å². The zero-order valence-corrected chi connectivity index (χ0v) is 14.3. The third kappa shape index (κ3) is 2.54. The molecular formula is C19H21N5O. The number of hydrogen-bond donors (Lipinski definition) is 3. The number of ketones is 1. The molecule has 0 spiro atoms. The molecule has 2 aliphatic rings. The summed E-state index contributed by atoms with van der Waals surface area (Å²) in [6.07, 6.45) is 1.29. The third-order valence-electron chi connectivity index (χ3n) is 4.89. The Morgan fingerprint density at radius 1 is 1.12 bits per heavy atom. The number of aromatic nitrogens is 2. The number of allylic oxidation sites excluding steroid dienone is 2. The number of Topliss-reactive ketones (excluding diaryl/α,β-unsaturated/α-hetero) is 1. The molecule has 4 rings (SSSR count). The first-order valence-corrected chi connectivity index (χ1v) is 8.37. The van der Waals surface area contributed by atoms with E-state index in [4.69, 9.17) is 11.5 Å². The molecule has 0 bridgehead atoms. The minimum Gasteiger partial charge on any atom is -0.383 e. The minimum atomic E-state index is -0.267. The van der Waals surface area contributed by atoms with Crippen LogP contribution >= 0.6 is 0 Å². The predicted molar refractivity (Wildman–Crippen MR) is 97.8 cm³/mol. The molecule has 1 atom stereocenters. The zero-order valence-electron chi connectivity index (χ0n) is 14.3. The summed E-state index contributed by atoms with van der Waals surface area (Å²) in [6.45, 7) is 4.21. The summed E-state index contributed by atoms with van der Waals surface area (Å²) in [5.41, 5.74) is 15.3. The van der Waals surface area contributed by atoms with Gasteiger partial charge in [0.15, 0.2) is 5.78 Å². The Hall–Kier alpha value is -2.89. The number of hydrogen-bond acceptors (Lipinski definition) is 6. The number of nitrogens with zero attached hydrogens (tertiary/aromatic N) is 2. The molecule has 5 N–H and O–H groups in total. The molecule has 1 aromatic carbocycles. The van der Waals surface area contributed by atoms with E-state index in [0.717, 1.165) is 28.8 Å². The number of carbonyl (C=O) groups is 1. The smallest absolute Gasteiger partial charge is 0.223 e. The van der Waals surface area contributed by atoms with E-state index in [-0.39, 0.29) is 23.1 Å². The number of nitrogens with two attached hydrogens (primary N) is 2. The highest BCUT2D eigenvalue weighted by Gasteiger charge is 2.42. The van der Waals surface area contributed by atoms with E-state index in [1.807, 2.05) is 30.3 Å². The molecule has 6 nitrogen and oxygen atoms in total. The number of carbonyl (C=O) groups excluding carboxylic acids is 1. The maximum Gasteiger partial charge on any atom is 0.223 e. The first-order chi connectivity index (χ1) is 11.9. The van der Waals surface area contributed by atoms with Crippen LogP contribution in [0.5, 0.6) is 0 Å². The largest absolute Gasteiger partial charge is 0.383 e. The van der Waals surface area contributed by atoms with Gasteiger partial charge in [-0.1, -0.05) is 44.2 Å². The van der Waals surface area contributed by atoms with Gasteiger partial charge >= 0.3 is 0 Å². The standard InChI is InChI=1S/C19H21N5O/c1-19(2)8-11-14(12(25)9-19)13(10-6-4-3-5-7-10)15-16(20)23-18(21)24-17(15)22-11/h3-7,13H,8-9H2,1-2H3,(H5,20,21,22,23,24)/t13-/m1/s1. The number of fused-ring (bicyclic) bond motifs is 1. The van der Waals surface area contributed by atoms with Crippen molar-refractivity contribution < 1.29 is 4.79 Å². The summed E-state index contributed by atoms with van der Waals surface area (Å²) < 4.78 is 0. The van der Waals surface area contributed by atoms with E-state index in [1.54, 1.807) is 0 Å². The Morgan fingerprint density at radius 3 is 2.56 bits per heavy atom. The summed E-state index contributed by atoms with van der Waals surface area (Å²) in [6, 6.07) is 9.89. The van der Waals surface area contributed by atoms with Crippen LogP contribution in [0.4, 0.5) is 17.6 Å². The van der Waals surface area contributed by atoms with Gasteiger partial charge in [-0.15, -0.1) is 0 Å². The fourth-order valence-electron chi connectivity index (χ4n) is 3.93. The number of benzene rings is 1. The van der Waals surface area contributed by atoms with E-state index in [0.29, 0.717) is 18.1 Å². The molecule has 1 aromatic heterocycles. The van der Waals surface area contributed by atoms with Gasteiger partial charge in [0.1, 0.15) is 11.6 Å². The molecule has 1 aliphatic heterocycles. The fourth-order valence-corrected chi connectivity index (χ4v) is 3.93. The summed E-state index contributed by atoms with van der Waals surface area (Å²) in [5.74, 6) is 0.920. The number of nitrogens with one attached hydrogen (secondary N) is 1. The first-order valence-electron chi connectivity index (χ1n) is 8.37. The molecule has 0 fully saturated rings. The van der Waals surface area contributed by atoms with Crippen molar-refractivity contribution in [2.75, 3.05) is 16.8 Å². The van der Waals surface area contributed by atoms with Crippen LogP contribution in [0.2, 0.25) is 0 Å². The van der Waals surface area contributed by atoms with E-state index in [9.17, 15) is 4.79 Å². The molecule has 0 amide bonds. The van der Waals surface area contributed by atoms with Crippen molar-refractivity contribution in [3.05, 3.63) is 52.7 Å². The first kappa shape index (κ1) is 15.6. The molecule has 0 saturated heterocycles. The van der Waals surface area contributed by atoms with Crippen LogP contribution in [0.3, 0.4) is 0 Å². The Balaban J connectivity index is 1.98. The van der Waals surface area contributed by atoms with Gasteiger partial charge in [0.25, 0.3) is 0 Å². The van der Waals surface area contributed by atoms with Gasteiger partial charge in [0.2, 0.25) is 5.95 Å². The van der Waals surface area contributed by atoms with Crippen molar-refractivity contribution in [3.63, 3.8) is 0 Å². The molecule has 2 heterocycles. The van der Waals surface area contributed by atoms with Crippen LogP contribution in [-0.2, 0) is 4.79 Å². The Bertz CT molecular complexity index is 902. The fraction of sp³-hybridized carbons (Fsp3) is 0.316. The van der Waals surface area contributed by atoms with Gasteiger partial charge < -0.3 is 16.8 Å². The van der Waals surface area contributed by atoms with Crippen LogP contribution in [0.1, 0.15) is 43.7 Å². The Morgan fingerprint density at radius 2 is 1.84 bits per heavy atom. The molecule has 6 heteroatoms. The summed E-state index contributed by atoms with van der Waals surface area (Å²) in [5, 5.41) is 3.31. The maximum atomic E-state index is 13.0. The number of anilines is 3. The second-order valence-corrected chi connectivity index (χ2v) is 7.53. The van der Waals surface area contributed by atoms with Gasteiger partial charge in [-0.2, -0.15) is 9.97 Å². The monoisotopic (exact) mass is 335 g/mol. The van der Waals surface area contributed by atoms with Crippen LogP contribution in [0.15, 0.2) is 41.6 Å². The number of nitrogen functional groups attached to an aromatic ring is 2. The van der Waals surface area contributed by atoms with Gasteiger partial charge in [0, 0.05) is 29.2 Å². The molecule has 0 radical (unpaired) electrons. The molecule has 128 valence electrons. The van der Waals surface area contributed by atoms with Gasteiger partial charge in [-0.25, -0.2) is 0 Å². The van der Waals surface area contributed by atoms with Crippen molar-refractivity contribution in [1.29, 1.82) is 0 Å². The SMILES string of the molecule is CC1(C)CC(=O)C2=C(C1)Nc1nc(N)nc(N)c1[C@@H]2c1ccccc1. The summed E-state index contributed by atoms with van der Waals surface area (Å²) in [4.78, 5) is 21.5. The topological polar surface area (TPSA) is 107 Å². The quantitative estimate of drug-likeness (QED) is 0.740. The van der Waals surface area contributed by atoms with Crippen molar-refractivity contribution in [2.24, 2.45) is 5.41 Å². The Kier molecular flexibility index (Phi) is 3.32. The van der Waals surface area contributed by atoms with Crippen LogP contribution in [0, 0.1) is 5.41 Å². The van der Waals surface area contributed by atoms with E-state index in [1.165, 1.54) is 0 Å². The Labute approximate surface area is 146 Å². The second kappa shape index (κ2) is 5.31. The van der Waals surface area contributed by atoms with Crippen LogP contribution in [0.25, 0.3) is 0 Å². The number of rotatable bonds is 1. The van der Waals surface area contributed by atoms with Crippen LogP contribution in [-0.4, -0.2) is 15.8 Å². The zero-order chi connectivity index (χ0) is 17.8. The predicted octanol–water partition coefficient (Wildman–Crippen LogP) is 2.84. The van der Waals surface area contributed by atoms with Crippen molar-refractivity contribution in [3.8, 4) is 0 Å². The molecule has 2 aromatic rings. The highest BCUT2D eigenvalue weighted by molar-refractivity contribution is 6.02. The summed E-state index contributed by atoms with van der Waals surface area (Å²) in [7, 11) is 0. The lowest BCUT2D eigenvalue weighted by Gasteiger charge is -2.39.